The van der Waals surface area contributed by atoms with Gasteiger partial charge in [-0.2, -0.15) is 0 Å². The molecule has 3 N–H and O–H groups in total. The number of anilines is 1. The summed E-state index contributed by atoms with van der Waals surface area (Å²) in [4.78, 5) is 28.5. The highest BCUT2D eigenvalue weighted by Crippen LogP contribution is 2.29. The van der Waals surface area contributed by atoms with Crippen molar-refractivity contribution in [3.05, 3.63) is 58.9 Å². The molecule has 0 aliphatic heterocycles. The number of amides is 3. The van der Waals surface area contributed by atoms with Gasteiger partial charge in [0.25, 0.3) is 5.91 Å². The van der Waals surface area contributed by atoms with Gasteiger partial charge in [0, 0.05) is 25.1 Å². The third-order valence-electron chi connectivity index (χ3n) is 3.90. The molecule has 27 heavy (non-hydrogen) atoms. The molecule has 0 saturated carbocycles. The molecule has 144 valence electrons. The lowest BCUT2D eigenvalue weighted by Gasteiger charge is -2.27. The molecule has 6 nitrogen and oxygen atoms in total. The van der Waals surface area contributed by atoms with Crippen LogP contribution in [-0.4, -0.2) is 24.0 Å². The number of aromatic nitrogens is 1. The van der Waals surface area contributed by atoms with Crippen LogP contribution in [0.15, 0.2) is 42.7 Å². The summed E-state index contributed by atoms with van der Waals surface area (Å²) in [6.07, 6.45) is 4.20. The molecule has 1 aromatic carbocycles. The Labute approximate surface area is 164 Å². The van der Waals surface area contributed by atoms with E-state index in [4.69, 9.17) is 11.6 Å². The van der Waals surface area contributed by atoms with Gasteiger partial charge in [-0.05, 0) is 41.7 Å². The number of hydrogen-bond donors (Lipinski definition) is 3. The Morgan fingerprint density at radius 3 is 2.56 bits per heavy atom. The van der Waals surface area contributed by atoms with Gasteiger partial charge >= 0.3 is 6.03 Å². The second-order valence-corrected chi connectivity index (χ2v) is 7.88. The fourth-order valence-corrected chi connectivity index (χ4v) is 2.89. The Balaban J connectivity index is 2.15. The summed E-state index contributed by atoms with van der Waals surface area (Å²) in [7, 11) is 1.52. The van der Waals surface area contributed by atoms with E-state index in [2.05, 4.69) is 41.7 Å². The first kappa shape index (κ1) is 20.7. The van der Waals surface area contributed by atoms with Crippen LogP contribution < -0.4 is 16.0 Å². The predicted octanol–water partition coefficient (Wildman–Crippen LogP) is 4.39. The predicted molar refractivity (Wildman–Crippen MR) is 108 cm³/mol. The van der Waals surface area contributed by atoms with Crippen LogP contribution in [0.2, 0.25) is 5.02 Å². The number of urea groups is 1. The summed E-state index contributed by atoms with van der Waals surface area (Å²) in [6.45, 7) is 6.35. The summed E-state index contributed by atoms with van der Waals surface area (Å²) in [5, 5.41) is 8.60. The quantitative estimate of drug-likeness (QED) is 0.710. The summed E-state index contributed by atoms with van der Waals surface area (Å²) in [5.41, 5.74) is 1.73. The first-order chi connectivity index (χ1) is 12.7. The van der Waals surface area contributed by atoms with Gasteiger partial charge in [-0.25, -0.2) is 4.79 Å². The van der Waals surface area contributed by atoms with Crippen molar-refractivity contribution < 1.29 is 9.59 Å². The molecule has 0 fully saturated rings. The van der Waals surface area contributed by atoms with Gasteiger partial charge in [-0.3, -0.25) is 9.78 Å². The molecule has 2 aromatic rings. The Morgan fingerprint density at radius 2 is 1.96 bits per heavy atom. The molecule has 1 atom stereocenters. The van der Waals surface area contributed by atoms with Crippen LogP contribution in [0.5, 0.6) is 0 Å². The molecule has 7 heteroatoms. The number of pyridine rings is 1. The Hall–Kier alpha value is -2.60. The molecule has 0 spiro atoms. The van der Waals surface area contributed by atoms with E-state index in [9.17, 15) is 9.59 Å². The van der Waals surface area contributed by atoms with E-state index >= 15 is 0 Å². The van der Waals surface area contributed by atoms with Crippen molar-refractivity contribution in [2.24, 2.45) is 5.41 Å². The van der Waals surface area contributed by atoms with Gasteiger partial charge in [-0.15, -0.1) is 0 Å². The number of rotatable bonds is 5. The van der Waals surface area contributed by atoms with Crippen molar-refractivity contribution >= 4 is 29.2 Å². The van der Waals surface area contributed by atoms with Crippen molar-refractivity contribution in [3.63, 3.8) is 0 Å². The first-order valence-electron chi connectivity index (χ1n) is 8.68. The number of carbonyl (C=O) groups is 2. The summed E-state index contributed by atoms with van der Waals surface area (Å²) in [6, 6.07) is 8.01. The average Bonchev–Trinajstić information content (AvgIpc) is 2.61. The zero-order chi connectivity index (χ0) is 20.0. The van der Waals surface area contributed by atoms with Crippen LogP contribution in [-0.2, 0) is 0 Å². The van der Waals surface area contributed by atoms with Crippen LogP contribution in [0, 0.1) is 5.41 Å². The molecule has 2 rings (SSSR count). The first-order valence-corrected chi connectivity index (χ1v) is 9.06. The van der Waals surface area contributed by atoms with Gasteiger partial charge < -0.3 is 16.0 Å². The minimum Gasteiger partial charge on any atom is -0.355 e. The fourth-order valence-electron chi connectivity index (χ4n) is 2.68. The number of hydrogen-bond acceptors (Lipinski definition) is 3. The van der Waals surface area contributed by atoms with Crippen LogP contribution in [0.3, 0.4) is 0 Å². The normalized spacial score (nSPS) is 12.2. The fraction of sp³-hybridized carbons (Fsp3) is 0.350. The lowest BCUT2D eigenvalue weighted by molar-refractivity contribution is 0.0963. The number of nitrogens with one attached hydrogen (secondary N) is 3. The largest absolute Gasteiger partial charge is 0.355 e. The number of benzene rings is 1. The zero-order valence-electron chi connectivity index (χ0n) is 16.0. The molecule has 3 amide bonds. The maximum atomic E-state index is 12.5. The molecule has 0 saturated heterocycles. The summed E-state index contributed by atoms with van der Waals surface area (Å²) in [5.74, 6) is -0.315. The van der Waals surface area contributed by atoms with E-state index in [0.717, 1.165) is 12.0 Å². The van der Waals surface area contributed by atoms with Crippen molar-refractivity contribution in [3.8, 4) is 0 Å². The highest BCUT2D eigenvalue weighted by molar-refractivity contribution is 6.34. The Morgan fingerprint density at radius 1 is 1.22 bits per heavy atom. The van der Waals surface area contributed by atoms with Gasteiger partial charge in [0.1, 0.15) is 0 Å². The van der Waals surface area contributed by atoms with Gasteiger partial charge in [0.15, 0.2) is 0 Å². The molecule has 1 aromatic heterocycles. The average molecular weight is 389 g/mol. The maximum absolute atomic E-state index is 12.5. The molecule has 0 unspecified atom stereocenters. The van der Waals surface area contributed by atoms with E-state index in [0.29, 0.717) is 16.3 Å². The number of nitrogens with zero attached hydrogens (tertiary/aromatic N) is 1. The number of carbonyl (C=O) groups excluding carboxylic acids is 2. The summed E-state index contributed by atoms with van der Waals surface area (Å²) < 4.78 is 0. The lowest BCUT2D eigenvalue weighted by Crippen LogP contribution is -2.34. The summed E-state index contributed by atoms with van der Waals surface area (Å²) >= 11 is 6.05. The molecule has 0 aliphatic rings. The van der Waals surface area contributed by atoms with Crippen molar-refractivity contribution in [2.45, 2.75) is 33.2 Å². The molecular formula is C20H25ClN4O2. The van der Waals surface area contributed by atoms with Crippen molar-refractivity contribution in [1.82, 2.24) is 15.6 Å². The smallest absolute Gasteiger partial charge is 0.319 e. The highest BCUT2D eigenvalue weighted by Gasteiger charge is 2.22. The number of halogens is 1. The van der Waals surface area contributed by atoms with Gasteiger partial charge in [0.05, 0.1) is 16.6 Å². The Bertz CT molecular complexity index is 803. The van der Waals surface area contributed by atoms with Crippen molar-refractivity contribution in [2.75, 3.05) is 12.4 Å². The SMILES string of the molecule is CNC(=O)c1cc(NC(=O)N[C@H](CC(C)(C)C)c2cccnc2)ccc1Cl. The highest BCUT2D eigenvalue weighted by atomic mass is 35.5. The molecule has 0 bridgehead atoms. The third-order valence-corrected chi connectivity index (χ3v) is 4.23. The Kier molecular flexibility index (Phi) is 6.80. The van der Waals surface area contributed by atoms with Gasteiger partial charge in [-0.1, -0.05) is 38.4 Å². The zero-order valence-corrected chi connectivity index (χ0v) is 16.7. The van der Waals surface area contributed by atoms with E-state index in [1.807, 2.05) is 12.1 Å². The third kappa shape index (κ3) is 6.25. The van der Waals surface area contributed by atoms with Crippen LogP contribution >= 0.6 is 11.6 Å². The molecule has 0 radical (unpaired) electrons. The van der Waals surface area contributed by atoms with Crippen LogP contribution in [0.1, 0.15) is 49.2 Å². The van der Waals surface area contributed by atoms with E-state index < -0.39 is 0 Å². The van der Waals surface area contributed by atoms with Crippen LogP contribution in [0.25, 0.3) is 0 Å². The molecular weight excluding hydrogens is 364 g/mol. The molecule has 0 aliphatic carbocycles. The van der Waals surface area contributed by atoms with Crippen molar-refractivity contribution in [1.29, 1.82) is 0 Å². The molecule has 1 heterocycles. The van der Waals surface area contributed by atoms with Gasteiger partial charge in [0.2, 0.25) is 0 Å². The minimum atomic E-state index is -0.363. The van der Waals surface area contributed by atoms with E-state index in [1.165, 1.54) is 7.05 Å². The second kappa shape index (κ2) is 8.86. The van der Waals surface area contributed by atoms with Crippen LogP contribution in [0.4, 0.5) is 10.5 Å². The standard InChI is InChI=1S/C20H25ClN4O2/c1-20(2,3)11-17(13-6-5-9-23-12-13)25-19(27)24-14-7-8-16(21)15(10-14)18(26)22-4/h5-10,12,17H,11H2,1-4H3,(H,22,26)(H2,24,25,27)/t17-/m1/s1. The second-order valence-electron chi connectivity index (χ2n) is 7.48. The van der Waals surface area contributed by atoms with E-state index in [-0.39, 0.29) is 23.4 Å². The monoisotopic (exact) mass is 388 g/mol. The minimum absolute atomic E-state index is 0.0143. The topological polar surface area (TPSA) is 83.1 Å². The van der Waals surface area contributed by atoms with E-state index in [1.54, 1.807) is 30.6 Å². The maximum Gasteiger partial charge on any atom is 0.319 e. The lowest BCUT2D eigenvalue weighted by atomic mass is 9.86.